The Bertz CT molecular complexity index is 754. The zero-order valence-corrected chi connectivity index (χ0v) is 14.6. The Hall–Kier alpha value is -1.89. The second-order valence-electron chi connectivity index (χ2n) is 6.45. The van der Waals surface area contributed by atoms with E-state index in [0.717, 1.165) is 19.3 Å². The van der Waals surface area contributed by atoms with Gasteiger partial charge in [-0.1, -0.05) is 12.1 Å². The number of carbonyl (C=O) groups is 2. The number of hydrogen-bond donors (Lipinski definition) is 0. The highest BCUT2D eigenvalue weighted by molar-refractivity contribution is 7.92. The number of para-hydroxylation sites is 1. The monoisotopic (exact) mass is 350 g/mol. The predicted molar refractivity (Wildman–Crippen MR) is 90.5 cm³/mol. The van der Waals surface area contributed by atoms with Crippen molar-refractivity contribution in [3.63, 3.8) is 0 Å². The number of fused-ring (bicyclic) bond motifs is 1. The van der Waals surface area contributed by atoms with E-state index in [9.17, 15) is 18.0 Å². The number of sulfone groups is 1. The number of carbonyl (C=O) groups excluding carboxylic acids is 2. The molecule has 2 amide bonds. The fourth-order valence-corrected chi connectivity index (χ4v) is 4.82. The van der Waals surface area contributed by atoms with E-state index < -0.39 is 15.1 Å². The maximum absolute atomic E-state index is 12.6. The molecule has 6 nitrogen and oxygen atoms in total. The Morgan fingerprint density at radius 2 is 1.83 bits per heavy atom. The van der Waals surface area contributed by atoms with Gasteiger partial charge >= 0.3 is 0 Å². The molecule has 2 heterocycles. The van der Waals surface area contributed by atoms with Gasteiger partial charge in [-0.2, -0.15) is 0 Å². The van der Waals surface area contributed by atoms with Crippen LogP contribution in [0, 0.1) is 0 Å². The first-order valence-corrected chi connectivity index (χ1v) is 9.87. The average Bonchev–Trinajstić information content (AvgIpc) is 2.65. The fourth-order valence-electron chi connectivity index (χ4n) is 3.29. The first-order chi connectivity index (χ1) is 11.4. The van der Waals surface area contributed by atoms with Gasteiger partial charge in [0.25, 0.3) is 0 Å². The van der Waals surface area contributed by atoms with Gasteiger partial charge in [-0.25, -0.2) is 8.42 Å². The Labute approximate surface area is 142 Å². The summed E-state index contributed by atoms with van der Waals surface area (Å²) in [6.45, 7) is 2.85. The number of rotatable bonds is 2. The van der Waals surface area contributed by atoms with E-state index in [1.54, 1.807) is 30.0 Å². The average molecular weight is 350 g/mol. The minimum atomic E-state index is -3.57. The van der Waals surface area contributed by atoms with Crippen LogP contribution in [-0.4, -0.2) is 50.0 Å². The first-order valence-electron chi connectivity index (χ1n) is 8.32. The molecular weight excluding hydrogens is 328 g/mol. The van der Waals surface area contributed by atoms with Crippen molar-refractivity contribution in [2.75, 3.05) is 24.5 Å². The molecule has 1 saturated heterocycles. The predicted octanol–water partition coefficient (Wildman–Crippen LogP) is 1.60. The van der Waals surface area contributed by atoms with E-state index in [1.165, 1.54) is 11.0 Å². The maximum atomic E-state index is 12.6. The Balaban J connectivity index is 1.94. The lowest BCUT2D eigenvalue weighted by Crippen LogP contribution is -2.45. The van der Waals surface area contributed by atoms with Crippen molar-refractivity contribution < 1.29 is 18.0 Å². The van der Waals surface area contributed by atoms with E-state index in [2.05, 4.69) is 0 Å². The summed E-state index contributed by atoms with van der Waals surface area (Å²) in [5.41, 5.74) is 0.317. The van der Waals surface area contributed by atoms with Crippen molar-refractivity contribution in [2.45, 2.75) is 42.8 Å². The second kappa shape index (κ2) is 6.55. The zero-order chi connectivity index (χ0) is 17.3. The molecule has 1 atom stereocenters. The number of amides is 2. The third-order valence-electron chi connectivity index (χ3n) is 4.76. The van der Waals surface area contributed by atoms with Gasteiger partial charge in [-0.3, -0.25) is 9.59 Å². The Morgan fingerprint density at radius 1 is 1.17 bits per heavy atom. The van der Waals surface area contributed by atoms with Gasteiger partial charge in [0.05, 0.1) is 15.8 Å². The molecule has 0 radical (unpaired) electrons. The van der Waals surface area contributed by atoms with Gasteiger partial charge in [0.1, 0.15) is 6.54 Å². The molecule has 0 spiro atoms. The molecule has 1 aromatic carbocycles. The van der Waals surface area contributed by atoms with Gasteiger partial charge in [-0.05, 0) is 38.3 Å². The molecule has 2 aliphatic rings. The molecule has 1 fully saturated rings. The summed E-state index contributed by atoms with van der Waals surface area (Å²) in [6, 6.07) is 6.45. The van der Waals surface area contributed by atoms with Crippen molar-refractivity contribution in [1.82, 2.24) is 4.90 Å². The van der Waals surface area contributed by atoms with E-state index in [1.807, 2.05) is 0 Å². The highest BCUT2D eigenvalue weighted by Gasteiger charge is 2.37. The van der Waals surface area contributed by atoms with Crippen LogP contribution in [0.1, 0.15) is 32.6 Å². The minimum absolute atomic E-state index is 0.0991. The number of nitrogens with zero attached hydrogens (tertiary/aromatic N) is 2. The van der Waals surface area contributed by atoms with Crippen LogP contribution < -0.4 is 4.90 Å². The fraction of sp³-hybridized carbons (Fsp3) is 0.529. The van der Waals surface area contributed by atoms with Crippen molar-refractivity contribution in [1.29, 1.82) is 0 Å². The van der Waals surface area contributed by atoms with Crippen LogP contribution in [0.3, 0.4) is 0 Å². The lowest BCUT2D eigenvalue weighted by Gasteiger charge is -2.30. The Kier molecular flexibility index (Phi) is 4.62. The molecule has 0 bridgehead atoms. The van der Waals surface area contributed by atoms with Gasteiger partial charge < -0.3 is 9.80 Å². The van der Waals surface area contributed by atoms with E-state index in [-0.39, 0.29) is 29.7 Å². The van der Waals surface area contributed by atoms with Gasteiger partial charge in [-0.15, -0.1) is 0 Å². The maximum Gasteiger partial charge on any atom is 0.242 e. The molecular formula is C17H22N2O4S. The van der Waals surface area contributed by atoms with E-state index >= 15 is 0 Å². The summed E-state index contributed by atoms with van der Waals surface area (Å²) in [4.78, 5) is 28.4. The van der Waals surface area contributed by atoms with Crippen molar-refractivity contribution in [3.8, 4) is 0 Å². The molecule has 3 rings (SSSR count). The molecule has 0 aromatic heterocycles. The van der Waals surface area contributed by atoms with Crippen LogP contribution in [0.25, 0.3) is 0 Å². The molecule has 0 saturated carbocycles. The highest BCUT2D eigenvalue weighted by atomic mass is 32.2. The topological polar surface area (TPSA) is 74.8 Å². The number of piperidine rings is 1. The lowest BCUT2D eigenvalue weighted by molar-refractivity contribution is -0.132. The van der Waals surface area contributed by atoms with Crippen LogP contribution in [0.5, 0.6) is 0 Å². The van der Waals surface area contributed by atoms with Gasteiger partial charge in [0.15, 0.2) is 9.84 Å². The third-order valence-corrected chi connectivity index (χ3v) is 6.94. The van der Waals surface area contributed by atoms with Crippen LogP contribution >= 0.6 is 0 Å². The number of likely N-dealkylation sites (tertiary alicyclic amines) is 1. The minimum Gasteiger partial charge on any atom is -0.341 e. The van der Waals surface area contributed by atoms with Gasteiger partial charge in [0.2, 0.25) is 11.8 Å². The number of hydrogen-bond acceptors (Lipinski definition) is 4. The molecule has 24 heavy (non-hydrogen) atoms. The van der Waals surface area contributed by atoms with Crippen LogP contribution in [0.15, 0.2) is 29.2 Å². The summed E-state index contributed by atoms with van der Waals surface area (Å²) in [5, 5.41) is -0.791. The van der Waals surface area contributed by atoms with Crippen LogP contribution in [0.2, 0.25) is 0 Å². The number of anilines is 1. The normalized spacial score (nSPS) is 23.5. The van der Waals surface area contributed by atoms with Crippen molar-refractivity contribution in [2.24, 2.45) is 0 Å². The second-order valence-corrected chi connectivity index (χ2v) is 8.78. The summed E-state index contributed by atoms with van der Waals surface area (Å²) in [6.07, 6.45) is 2.96. The summed E-state index contributed by atoms with van der Waals surface area (Å²) >= 11 is 0. The molecule has 2 aliphatic heterocycles. The molecule has 1 aromatic rings. The van der Waals surface area contributed by atoms with Crippen molar-refractivity contribution in [3.05, 3.63) is 24.3 Å². The SMILES string of the molecule is CC1CC(=O)N(CC(=O)N2CCCCC2)c2ccccc2S1(=O)=O. The molecule has 0 aliphatic carbocycles. The standard InChI is InChI=1S/C17H22N2O4S/c1-13-11-16(20)19(12-17(21)18-9-5-2-6-10-18)14-7-3-4-8-15(14)24(13,22)23/h3-4,7-8,13H,2,5-6,9-12H2,1H3. The first kappa shape index (κ1) is 17.0. The van der Waals surface area contributed by atoms with Crippen molar-refractivity contribution >= 4 is 27.3 Å². The summed E-state index contributed by atoms with van der Waals surface area (Å²) < 4.78 is 25.3. The number of benzene rings is 1. The summed E-state index contributed by atoms with van der Waals surface area (Å²) in [5.74, 6) is -0.439. The largest absolute Gasteiger partial charge is 0.341 e. The molecule has 130 valence electrons. The third kappa shape index (κ3) is 3.05. The molecule has 7 heteroatoms. The van der Waals surface area contributed by atoms with E-state index in [4.69, 9.17) is 0 Å². The Morgan fingerprint density at radius 3 is 2.54 bits per heavy atom. The van der Waals surface area contributed by atoms with Gasteiger partial charge in [0, 0.05) is 19.5 Å². The van der Waals surface area contributed by atoms with Crippen LogP contribution in [0.4, 0.5) is 5.69 Å². The van der Waals surface area contributed by atoms with E-state index in [0.29, 0.717) is 18.8 Å². The lowest BCUT2D eigenvalue weighted by atomic mass is 10.1. The summed E-state index contributed by atoms with van der Waals surface area (Å²) in [7, 11) is -3.57. The zero-order valence-electron chi connectivity index (χ0n) is 13.8. The quantitative estimate of drug-likeness (QED) is 0.812. The highest BCUT2D eigenvalue weighted by Crippen LogP contribution is 2.33. The van der Waals surface area contributed by atoms with Crippen LogP contribution in [-0.2, 0) is 19.4 Å². The smallest absolute Gasteiger partial charge is 0.242 e. The molecule has 1 unspecified atom stereocenters. The molecule has 0 N–H and O–H groups in total.